The molecule has 1 aromatic carbocycles. The molecule has 1 heterocycles. The molecular weight excluding hydrogens is 324 g/mol. The van der Waals surface area contributed by atoms with E-state index in [1.807, 2.05) is 24.3 Å². The summed E-state index contributed by atoms with van der Waals surface area (Å²) in [5.74, 6) is 5.89. The van der Waals surface area contributed by atoms with E-state index in [9.17, 15) is 0 Å². The number of nitrogen functional groups attached to an aromatic ring is 1. The number of aromatic nitrogens is 2. The Hall–Kier alpha value is -0.820. The number of hydrazine groups is 1. The van der Waals surface area contributed by atoms with Gasteiger partial charge in [-0.2, -0.15) is 0 Å². The van der Waals surface area contributed by atoms with Crippen LogP contribution in [0, 0.1) is 0 Å². The van der Waals surface area contributed by atoms with E-state index in [1.54, 1.807) is 0 Å². The number of hydrogen-bond acceptors (Lipinski definition) is 5. The zero-order valence-corrected chi connectivity index (χ0v) is 11.7. The Morgan fingerprint density at radius 2 is 1.94 bits per heavy atom. The van der Waals surface area contributed by atoms with Crippen LogP contribution in [-0.2, 0) is 0 Å². The standard InChI is InChI=1S/C10H8BrClN4S/c11-8-9(16-13)14-5-15-10(8)17-7-3-1-6(12)2-4-7/h1-5H,13H2,(H,14,15,16). The summed E-state index contributed by atoms with van der Waals surface area (Å²) in [6.45, 7) is 0. The van der Waals surface area contributed by atoms with Crippen molar-refractivity contribution in [2.75, 3.05) is 5.43 Å². The predicted molar refractivity (Wildman–Crippen MR) is 73.1 cm³/mol. The van der Waals surface area contributed by atoms with Crippen molar-refractivity contribution in [1.82, 2.24) is 9.97 Å². The maximum atomic E-state index is 5.82. The summed E-state index contributed by atoms with van der Waals surface area (Å²) < 4.78 is 0.738. The highest BCUT2D eigenvalue weighted by Gasteiger charge is 2.09. The minimum atomic E-state index is 0.552. The number of rotatable bonds is 3. The van der Waals surface area contributed by atoms with Gasteiger partial charge in [-0.3, -0.25) is 0 Å². The lowest BCUT2D eigenvalue weighted by atomic mass is 10.4. The molecule has 0 radical (unpaired) electrons. The van der Waals surface area contributed by atoms with Gasteiger partial charge in [0.05, 0.1) is 4.47 Å². The lowest BCUT2D eigenvalue weighted by molar-refractivity contribution is 1.02. The van der Waals surface area contributed by atoms with Crippen LogP contribution >= 0.6 is 39.3 Å². The van der Waals surface area contributed by atoms with Gasteiger partial charge in [-0.05, 0) is 40.2 Å². The molecule has 0 aliphatic heterocycles. The molecule has 0 saturated heterocycles. The van der Waals surface area contributed by atoms with E-state index in [1.165, 1.54) is 18.1 Å². The van der Waals surface area contributed by atoms with E-state index in [2.05, 4.69) is 31.3 Å². The van der Waals surface area contributed by atoms with Crippen LogP contribution in [0.15, 0.2) is 45.0 Å². The van der Waals surface area contributed by atoms with Gasteiger partial charge in [0, 0.05) is 9.92 Å². The van der Waals surface area contributed by atoms with E-state index in [0.29, 0.717) is 10.8 Å². The highest BCUT2D eigenvalue weighted by molar-refractivity contribution is 9.10. The summed E-state index contributed by atoms with van der Waals surface area (Å²) >= 11 is 10.7. The van der Waals surface area contributed by atoms with Gasteiger partial charge in [0.2, 0.25) is 0 Å². The lowest BCUT2D eigenvalue weighted by Gasteiger charge is -2.06. The van der Waals surface area contributed by atoms with Crippen molar-refractivity contribution in [3.8, 4) is 0 Å². The molecule has 0 atom stereocenters. The summed E-state index contributed by atoms with van der Waals surface area (Å²) in [6.07, 6.45) is 1.46. The molecule has 0 saturated carbocycles. The summed E-state index contributed by atoms with van der Waals surface area (Å²) in [6, 6.07) is 7.52. The molecule has 88 valence electrons. The molecule has 2 aromatic rings. The second-order valence-electron chi connectivity index (χ2n) is 3.04. The summed E-state index contributed by atoms with van der Waals surface area (Å²) in [4.78, 5) is 9.20. The first-order valence-electron chi connectivity index (χ1n) is 4.61. The molecule has 0 unspecified atom stereocenters. The van der Waals surface area contributed by atoms with Crippen molar-refractivity contribution < 1.29 is 0 Å². The molecule has 0 aliphatic carbocycles. The second-order valence-corrected chi connectivity index (χ2v) is 5.33. The lowest BCUT2D eigenvalue weighted by Crippen LogP contribution is -2.09. The van der Waals surface area contributed by atoms with Crippen molar-refractivity contribution >= 4 is 45.1 Å². The molecule has 0 fully saturated rings. The van der Waals surface area contributed by atoms with Crippen molar-refractivity contribution in [2.24, 2.45) is 5.84 Å². The number of nitrogens with two attached hydrogens (primary N) is 1. The zero-order chi connectivity index (χ0) is 12.3. The van der Waals surface area contributed by atoms with Crippen LogP contribution in [0.1, 0.15) is 0 Å². The fraction of sp³-hybridized carbons (Fsp3) is 0. The van der Waals surface area contributed by atoms with Gasteiger partial charge in [-0.1, -0.05) is 23.4 Å². The van der Waals surface area contributed by atoms with Crippen LogP contribution in [0.2, 0.25) is 5.02 Å². The van der Waals surface area contributed by atoms with Gasteiger partial charge < -0.3 is 5.43 Å². The molecule has 1 aromatic heterocycles. The molecule has 0 bridgehead atoms. The Balaban J connectivity index is 2.27. The number of anilines is 1. The van der Waals surface area contributed by atoms with Gasteiger partial charge in [0.25, 0.3) is 0 Å². The van der Waals surface area contributed by atoms with Crippen LogP contribution in [0.25, 0.3) is 0 Å². The Labute approximate surface area is 116 Å². The molecule has 0 amide bonds. The topological polar surface area (TPSA) is 63.8 Å². The number of nitrogens with zero attached hydrogens (tertiary/aromatic N) is 2. The van der Waals surface area contributed by atoms with E-state index >= 15 is 0 Å². The Morgan fingerprint density at radius 3 is 2.59 bits per heavy atom. The quantitative estimate of drug-likeness (QED) is 0.513. The molecule has 7 heteroatoms. The first-order chi connectivity index (χ1) is 8.20. The van der Waals surface area contributed by atoms with Gasteiger partial charge in [-0.15, -0.1) is 0 Å². The Bertz CT molecular complexity index is 520. The van der Waals surface area contributed by atoms with Crippen LogP contribution in [0.4, 0.5) is 5.82 Å². The molecule has 4 nitrogen and oxygen atoms in total. The van der Waals surface area contributed by atoms with Gasteiger partial charge >= 0.3 is 0 Å². The number of benzene rings is 1. The first-order valence-corrected chi connectivity index (χ1v) is 6.60. The maximum Gasteiger partial charge on any atom is 0.158 e. The van der Waals surface area contributed by atoms with Crippen LogP contribution in [-0.4, -0.2) is 9.97 Å². The number of nitrogens with one attached hydrogen (secondary N) is 1. The number of hydrogen-bond donors (Lipinski definition) is 2. The van der Waals surface area contributed by atoms with E-state index < -0.39 is 0 Å². The summed E-state index contributed by atoms with van der Waals surface area (Å²) in [7, 11) is 0. The minimum Gasteiger partial charge on any atom is -0.307 e. The third kappa shape index (κ3) is 3.10. The van der Waals surface area contributed by atoms with Crippen molar-refractivity contribution in [1.29, 1.82) is 0 Å². The third-order valence-electron chi connectivity index (χ3n) is 1.92. The van der Waals surface area contributed by atoms with Crippen LogP contribution < -0.4 is 11.3 Å². The smallest absolute Gasteiger partial charge is 0.158 e. The van der Waals surface area contributed by atoms with Gasteiger partial charge in [-0.25, -0.2) is 15.8 Å². The van der Waals surface area contributed by atoms with Gasteiger partial charge in [0.15, 0.2) is 5.82 Å². The van der Waals surface area contributed by atoms with Crippen molar-refractivity contribution in [2.45, 2.75) is 9.92 Å². The fourth-order valence-corrected chi connectivity index (χ4v) is 2.61. The molecule has 2 rings (SSSR count). The molecular formula is C10H8BrClN4S. The SMILES string of the molecule is NNc1ncnc(Sc2ccc(Cl)cc2)c1Br. The summed E-state index contributed by atoms with van der Waals surface area (Å²) in [5.41, 5.74) is 2.50. The molecule has 3 N–H and O–H groups in total. The van der Waals surface area contributed by atoms with Gasteiger partial charge in [0.1, 0.15) is 11.4 Å². The maximum absolute atomic E-state index is 5.82. The molecule has 0 spiro atoms. The largest absolute Gasteiger partial charge is 0.307 e. The predicted octanol–water partition coefficient (Wildman–Crippen LogP) is 3.33. The minimum absolute atomic E-state index is 0.552. The first kappa shape index (κ1) is 12.6. The normalized spacial score (nSPS) is 10.3. The fourth-order valence-electron chi connectivity index (χ4n) is 1.14. The van der Waals surface area contributed by atoms with Crippen molar-refractivity contribution in [3.05, 3.63) is 40.1 Å². The van der Waals surface area contributed by atoms with E-state index in [-0.39, 0.29) is 0 Å². The van der Waals surface area contributed by atoms with Crippen LogP contribution in [0.3, 0.4) is 0 Å². The Morgan fingerprint density at radius 1 is 1.24 bits per heavy atom. The highest BCUT2D eigenvalue weighted by atomic mass is 79.9. The monoisotopic (exact) mass is 330 g/mol. The molecule has 0 aliphatic rings. The number of halogens is 2. The molecule has 17 heavy (non-hydrogen) atoms. The summed E-state index contributed by atoms with van der Waals surface area (Å²) in [5, 5.41) is 1.50. The second kappa shape index (κ2) is 5.68. The van der Waals surface area contributed by atoms with E-state index in [4.69, 9.17) is 17.4 Å². The van der Waals surface area contributed by atoms with E-state index in [0.717, 1.165) is 14.4 Å². The zero-order valence-electron chi connectivity index (χ0n) is 8.52. The average molecular weight is 332 g/mol. The van der Waals surface area contributed by atoms with Crippen LogP contribution in [0.5, 0.6) is 0 Å². The Kier molecular flexibility index (Phi) is 4.22. The highest BCUT2D eigenvalue weighted by Crippen LogP contribution is 2.34. The third-order valence-corrected chi connectivity index (χ3v) is 4.20. The van der Waals surface area contributed by atoms with Crippen molar-refractivity contribution in [3.63, 3.8) is 0 Å². The average Bonchev–Trinajstić information content (AvgIpc) is 2.35.